The van der Waals surface area contributed by atoms with Gasteiger partial charge in [-0.3, -0.25) is 0 Å². The van der Waals surface area contributed by atoms with Crippen molar-refractivity contribution in [2.24, 2.45) is 0 Å². The van der Waals surface area contributed by atoms with E-state index in [2.05, 4.69) is 0 Å². The normalized spacial score (nSPS) is 11.4. The van der Waals surface area contributed by atoms with E-state index in [0.29, 0.717) is 10.8 Å². The fraction of sp³-hybridized carbons (Fsp3) is 0.250. The van der Waals surface area contributed by atoms with E-state index in [0.717, 1.165) is 0 Å². The van der Waals surface area contributed by atoms with Gasteiger partial charge in [-0.05, 0) is 18.2 Å². The van der Waals surface area contributed by atoms with Crippen molar-refractivity contribution in [2.75, 3.05) is 14.2 Å². The van der Waals surface area contributed by atoms with E-state index >= 15 is 0 Å². The second kappa shape index (κ2) is 5.10. The molecule has 1 aromatic carbocycles. The van der Waals surface area contributed by atoms with Gasteiger partial charge < -0.3 is 13.6 Å². The molecule has 0 N–H and O–H groups in total. The smallest absolute Gasteiger partial charge is 0.380 e. The largest absolute Gasteiger partial charge is 0.424 e. The van der Waals surface area contributed by atoms with E-state index in [-0.39, 0.29) is 0 Å². The molecular formula is C8H10ClO3PS. The summed E-state index contributed by atoms with van der Waals surface area (Å²) in [7, 11) is 2.91. The summed E-state index contributed by atoms with van der Waals surface area (Å²) in [5.41, 5.74) is 0. The molecule has 0 heterocycles. The minimum Gasteiger partial charge on any atom is -0.424 e. The summed E-state index contributed by atoms with van der Waals surface area (Å²) >= 11 is 10.8. The topological polar surface area (TPSA) is 27.7 Å². The van der Waals surface area contributed by atoms with Crippen LogP contribution in [0.25, 0.3) is 0 Å². The zero-order valence-electron chi connectivity index (χ0n) is 7.77. The Balaban J connectivity index is 2.83. The van der Waals surface area contributed by atoms with E-state index in [1.807, 2.05) is 0 Å². The van der Waals surface area contributed by atoms with Crippen molar-refractivity contribution in [2.45, 2.75) is 0 Å². The van der Waals surface area contributed by atoms with Crippen molar-refractivity contribution in [1.82, 2.24) is 0 Å². The van der Waals surface area contributed by atoms with Crippen LogP contribution in [0.1, 0.15) is 0 Å². The Hall–Kier alpha value is -0.120. The molecule has 0 aliphatic rings. The lowest BCUT2D eigenvalue weighted by molar-refractivity contribution is 0.273. The van der Waals surface area contributed by atoms with Crippen LogP contribution in [0.4, 0.5) is 0 Å². The summed E-state index contributed by atoms with van der Waals surface area (Å²) in [4.78, 5) is 0. The summed E-state index contributed by atoms with van der Waals surface area (Å²) in [6.45, 7) is -2.65. The highest BCUT2D eigenvalue weighted by atomic mass is 35.5. The summed E-state index contributed by atoms with van der Waals surface area (Å²) < 4.78 is 15.3. The van der Waals surface area contributed by atoms with E-state index in [9.17, 15) is 0 Å². The molecule has 0 bridgehead atoms. The molecule has 0 aromatic heterocycles. The molecule has 0 saturated heterocycles. The van der Waals surface area contributed by atoms with Crippen molar-refractivity contribution in [3.8, 4) is 5.75 Å². The van der Waals surface area contributed by atoms with Crippen LogP contribution in [0.5, 0.6) is 5.75 Å². The number of hydrogen-bond donors (Lipinski definition) is 0. The fourth-order valence-corrected chi connectivity index (χ4v) is 1.91. The van der Waals surface area contributed by atoms with Crippen LogP contribution in [0, 0.1) is 0 Å². The van der Waals surface area contributed by atoms with Gasteiger partial charge in [-0.25, -0.2) is 0 Å². The van der Waals surface area contributed by atoms with Crippen LogP contribution in [0.2, 0.25) is 5.02 Å². The van der Waals surface area contributed by atoms with Gasteiger partial charge in [-0.15, -0.1) is 0 Å². The molecule has 3 nitrogen and oxygen atoms in total. The van der Waals surface area contributed by atoms with Gasteiger partial charge in [0.2, 0.25) is 0 Å². The highest BCUT2D eigenvalue weighted by molar-refractivity contribution is 8.07. The van der Waals surface area contributed by atoms with Gasteiger partial charge >= 0.3 is 6.72 Å². The molecule has 1 aromatic rings. The summed E-state index contributed by atoms with van der Waals surface area (Å²) in [5, 5.41) is 0.580. The highest BCUT2D eigenvalue weighted by Gasteiger charge is 2.18. The van der Waals surface area contributed by atoms with E-state index in [1.165, 1.54) is 14.2 Å². The molecule has 0 aliphatic heterocycles. The molecule has 0 spiro atoms. The predicted octanol–water partition coefficient (Wildman–Crippen LogP) is 3.24. The van der Waals surface area contributed by atoms with Gasteiger partial charge in [0.05, 0.1) is 0 Å². The molecule has 1 rings (SSSR count). The monoisotopic (exact) mass is 252 g/mol. The summed E-state index contributed by atoms with van der Waals surface area (Å²) in [6.07, 6.45) is 0. The van der Waals surface area contributed by atoms with Crippen molar-refractivity contribution in [3.63, 3.8) is 0 Å². The Kier molecular flexibility index (Phi) is 4.35. The van der Waals surface area contributed by atoms with Gasteiger partial charge in [-0.2, -0.15) is 0 Å². The first-order valence-corrected chi connectivity index (χ1v) is 6.70. The van der Waals surface area contributed by atoms with Crippen molar-refractivity contribution in [1.29, 1.82) is 0 Å². The Morgan fingerprint density at radius 2 is 1.93 bits per heavy atom. The van der Waals surface area contributed by atoms with Crippen LogP contribution in [0.3, 0.4) is 0 Å². The lowest BCUT2D eigenvalue weighted by Crippen LogP contribution is -1.96. The SMILES string of the molecule is COP(=S)(OC)Oc1cccc(Cl)c1. The highest BCUT2D eigenvalue weighted by Crippen LogP contribution is 2.48. The zero-order valence-corrected chi connectivity index (χ0v) is 10.2. The van der Waals surface area contributed by atoms with E-state index in [4.69, 9.17) is 37.0 Å². The molecule has 14 heavy (non-hydrogen) atoms. The summed E-state index contributed by atoms with van der Waals surface area (Å²) in [5.74, 6) is 0.546. The standard InChI is InChI=1S/C8H10ClO3PS/c1-10-13(14,11-2)12-8-5-3-4-7(9)6-8/h3-6H,1-2H3. The maximum absolute atomic E-state index is 5.78. The van der Waals surface area contributed by atoms with E-state index in [1.54, 1.807) is 24.3 Å². The first-order valence-electron chi connectivity index (χ1n) is 3.76. The Labute approximate surface area is 93.2 Å². The zero-order chi connectivity index (χ0) is 10.6. The third-order valence-corrected chi connectivity index (χ3v) is 4.14. The Morgan fingerprint density at radius 3 is 2.43 bits per heavy atom. The lowest BCUT2D eigenvalue weighted by Gasteiger charge is -2.18. The minimum absolute atomic E-state index is 0.546. The number of benzene rings is 1. The second-order valence-corrected chi connectivity index (χ2v) is 5.95. The molecule has 0 aliphatic carbocycles. The maximum atomic E-state index is 5.78. The van der Waals surface area contributed by atoms with Crippen LogP contribution in [-0.4, -0.2) is 14.2 Å². The van der Waals surface area contributed by atoms with Crippen LogP contribution in [-0.2, 0) is 20.9 Å². The molecular weight excluding hydrogens is 243 g/mol. The molecule has 0 atom stereocenters. The first kappa shape index (κ1) is 12.0. The third kappa shape index (κ3) is 3.23. The summed E-state index contributed by atoms with van der Waals surface area (Å²) in [6, 6.07) is 6.91. The first-order chi connectivity index (χ1) is 6.59. The third-order valence-electron chi connectivity index (χ3n) is 1.46. The minimum atomic E-state index is -2.65. The van der Waals surface area contributed by atoms with Crippen LogP contribution in [0.15, 0.2) is 24.3 Å². The molecule has 0 unspecified atom stereocenters. The molecule has 0 saturated carbocycles. The number of hydrogen-bond acceptors (Lipinski definition) is 4. The van der Waals surface area contributed by atoms with E-state index < -0.39 is 6.72 Å². The van der Waals surface area contributed by atoms with Crippen LogP contribution < -0.4 is 4.52 Å². The quantitative estimate of drug-likeness (QED) is 0.769. The molecule has 0 amide bonds. The van der Waals surface area contributed by atoms with Gasteiger partial charge in [0.1, 0.15) is 5.75 Å². The predicted molar refractivity (Wildman–Crippen MR) is 60.4 cm³/mol. The van der Waals surface area contributed by atoms with Crippen molar-refractivity contribution < 1.29 is 13.6 Å². The molecule has 6 heteroatoms. The van der Waals surface area contributed by atoms with Gasteiger partial charge in [0, 0.05) is 31.0 Å². The molecule has 78 valence electrons. The Morgan fingerprint density at radius 1 is 1.29 bits per heavy atom. The van der Waals surface area contributed by atoms with Crippen molar-refractivity contribution >= 4 is 30.1 Å². The van der Waals surface area contributed by atoms with Crippen LogP contribution >= 0.6 is 18.3 Å². The molecule has 0 fully saturated rings. The van der Waals surface area contributed by atoms with Crippen molar-refractivity contribution in [3.05, 3.63) is 29.3 Å². The van der Waals surface area contributed by atoms with Gasteiger partial charge in [0.25, 0.3) is 0 Å². The average Bonchev–Trinajstić information content (AvgIpc) is 2.18. The lowest BCUT2D eigenvalue weighted by atomic mass is 10.3. The Bertz CT molecular complexity index is 350. The maximum Gasteiger partial charge on any atom is 0.380 e. The number of halogens is 1. The fourth-order valence-electron chi connectivity index (χ4n) is 0.802. The number of rotatable bonds is 4. The van der Waals surface area contributed by atoms with Gasteiger partial charge in [-0.1, -0.05) is 17.7 Å². The molecule has 0 radical (unpaired) electrons. The van der Waals surface area contributed by atoms with Gasteiger partial charge in [0.15, 0.2) is 0 Å². The second-order valence-electron chi connectivity index (χ2n) is 2.36. The average molecular weight is 253 g/mol.